The van der Waals surface area contributed by atoms with Crippen LogP contribution in [-0.4, -0.2) is 35.9 Å². The van der Waals surface area contributed by atoms with Crippen LogP contribution in [0.3, 0.4) is 0 Å². The highest BCUT2D eigenvalue weighted by atomic mass is 16.5. The van der Waals surface area contributed by atoms with E-state index in [2.05, 4.69) is 0 Å². The third-order valence-electron chi connectivity index (χ3n) is 3.67. The lowest BCUT2D eigenvalue weighted by molar-refractivity contribution is -0.152. The standard InChI is InChI=1S/C12H20O5/c1-17-7-4-9(10(13)14)8-12(11(15)16)5-2-3-6-12/h9H,2-8H2,1H3,(H,13,14)(H,15,16). The Balaban J connectivity index is 2.69. The first-order valence-corrected chi connectivity index (χ1v) is 5.97. The lowest BCUT2D eigenvalue weighted by atomic mass is 9.77. The molecule has 1 fully saturated rings. The molecule has 0 saturated heterocycles. The molecule has 0 aromatic rings. The van der Waals surface area contributed by atoms with Crippen LogP contribution in [0.1, 0.15) is 38.5 Å². The highest BCUT2D eigenvalue weighted by molar-refractivity contribution is 5.77. The fourth-order valence-electron chi connectivity index (χ4n) is 2.60. The highest BCUT2D eigenvalue weighted by Crippen LogP contribution is 2.44. The number of rotatable bonds is 7. The molecule has 0 radical (unpaired) electrons. The lowest BCUT2D eigenvalue weighted by Crippen LogP contribution is -2.33. The Labute approximate surface area is 101 Å². The van der Waals surface area contributed by atoms with Crippen LogP contribution in [0.5, 0.6) is 0 Å². The molecule has 0 spiro atoms. The molecular formula is C12H20O5. The van der Waals surface area contributed by atoms with Crippen LogP contribution in [0, 0.1) is 11.3 Å². The second-order valence-electron chi connectivity index (χ2n) is 4.81. The summed E-state index contributed by atoms with van der Waals surface area (Å²) in [6, 6.07) is 0. The molecule has 1 saturated carbocycles. The topological polar surface area (TPSA) is 83.8 Å². The van der Waals surface area contributed by atoms with Crippen LogP contribution in [0.4, 0.5) is 0 Å². The van der Waals surface area contributed by atoms with Gasteiger partial charge in [-0.25, -0.2) is 0 Å². The quantitative estimate of drug-likeness (QED) is 0.713. The lowest BCUT2D eigenvalue weighted by Gasteiger charge is -2.27. The number of carbonyl (C=O) groups is 2. The Kier molecular flexibility index (Phi) is 4.93. The molecule has 5 nitrogen and oxygen atoms in total. The molecule has 0 aromatic carbocycles. The fourth-order valence-corrected chi connectivity index (χ4v) is 2.60. The number of hydrogen-bond acceptors (Lipinski definition) is 3. The Bertz CT molecular complexity index is 281. The summed E-state index contributed by atoms with van der Waals surface area (Å²) in [4.78, 5) is 22.4. The van der Waals surface area contributed by atoms with E-state index >= 15 is 0 Å². The highest BCUT2D eigenvalue weighted by Gasteiger charge is 2.44. The van der Waals surface area contributed by atoms with Crippen molar-refractivity contribution in [1.29, 1.82) is 0 Å². The van der Waals surface area contributed by atoms with Gasteiger partial charge in [-0.1, -0.05) is 12.8 Å². The maximum absolute atomic E-state index is 11.3. The van der Waals surface area contributed by atoms with Crippen molar-refractivity contribution in [3.05, 3.63) is 0 Å². The van der Waals surface area contributed by atoms with Crippen LogP contribution in [0.25, 0.3) is 0 Å². The van der Waals surface area contributed by atoms with Gasteiger partial charge in [-0.15, -0.1) is 0 Å². The Morgan fingerprint density at radius 1 is 1.29 bits per heavy atom. The smallest absolute Gasteiger partial charge is 0.309 e. The van der Waals surface area contributed by atoms with Gasteiger partial charge in [0.2, 0.25) is 0 Å². The number of ether oxygens (including phenoxy) is 1. The molecular weight excluding hydrogens is 224 g/mol. The summed E-state index contributed by atoms with van der Waals surface area (Å²) in [6.45, 7) is 0.354. The molecule has 98 valence electrons. The van der Waals surface area contributed by atoms with Gasteiger partial charge in [-0.2, -0.15) is 0 Å². The molecule has 0 aliphatic heterocycles. The Morgan fingerprint density at radius 2 is 1.88 bits per heavy atom. The molecule has 0 bridgehead atoms. The Hall–Kier alpha value is -1.10. The van der Waals surface area contributed by atoms with E-state index < -0.39 is 23.3 Å². The number of carboxylic acids is 2. The van der Waals surface area contributed by atoms with Gasteiger partial charge in [0.1, 0.15) is 0 Å². The minimum absolute atomic E-state index is 0.223. The molecule has 1 atom stereocenters. The zero-order chi connectivity index (χ0) is 12.9. The van der Waals surface area contributed by atoms with E-state index in [9.17, 15) is 14.7 Å². The predicted molar refractivity (Wildman–Crippen MR) is 60.8 cm³/mol. The van der Waals surface area contributed by atoms with Gasteiger partial charge in [0.15, 0.2) is 0 Å². The molecule has 0 heterocycles. The number of methoxy groups -OCH3 is 1. The minimum Gasteiger partial charge on any atom is -0.481 e. The van der Waals surface area contributed by atoms with Gasteiger partial charge >= 0.3 is 11.9 Å². The SMILES string of the molecule is COCCC(CC1(C(=O)O)CCCC1)C(=O)O. The molecule has 1 rings (SSSR count). The maximum atomic E-state index is 11.3. The van der Waals surface area contributed by atoms with E-state index in [1.807, 2.05) is 0 Å². The van der Waals surface area contributed by atoms with Gasteiger partial charge in [-0.05, 0) is 25.7 Å². The van der Waals surface area contributed by atoms with Crippen molar-refractivity contribution >= 4 is 11.9 Å². The van der Waals surface area contributed by atoms with E-state index in [4.69, 9.17) is 9.84 Å². The van der Waals surface area contributed by atoms with E-state index in [0.29, 0.717) is 25.9 Å². The van der Waals surface area contributed by atoms with Crippen LogP contribution in [-0.2, 0) is 14.3 Å². The first-order valence-electron chi connectivity index (χ1n) is 5.97. The van der Waals surface area contributed by atoms with Crippen molar-refractivity contribution in [3.8, 4) is 0 Å². The molecule has 0 amide bonds. The average Bonchev–Trinajstić information content (AvgIpc) is 2.73. The summed E-state index contributed by atoms with van der Waals surface area (Å²) in [6.07, 6.45) is 3.55. The minimum atomic E-state index is -0.922. The van der Waals surface area contributed by atoms with Crippen LogP contribution in [0.2, 0.25) is 0 Å². The van der Waals surface area contributed by atoms with Crippen LogP contribution >= 0.6 is 0 Å². The van der Waals surface area contributed by atoms with E-state index in [1.54, 1.807) is 0 Å². The van der Waals surface area contributed by atoms with Crippen molar-refractivity contribution in [2.75, 3.05) is 13.7 Å². The molecule has 2 N–H and O–H groups in total. The largest absolute Gasteiger partial charge is 0.481 e. The van der Waals surface area contributed by atoms with Crippen molar-refractivity contribution < 1.29 is 24.5 Å². The number of hydrogen-bond donors (Lipinski definition) is 2. The first kappa shape index (κ1) is 14.0. The van der Waals surface area contributed by atoms with Crippen molar-refractivity contribution in [3.63, 3.8) is 0 Å². The van der Waals surface area contributed by atoms with Crippen molar-refractivity contribution in [2.24, 2.45) is 11.3 Å². The molecule has 0 aromatic heterocycles. The molecule has 1 unspecified atom stereocenters. The molecule has 17 heavy (non-hydrogen) atoms. The van der Waals surface area contributed by atoms with E-state index in [0.717, 1.165) is 12.8 Å². The normalized spacial score (nSPS) is 20.1. The monoisotopic (exact) mass is 244 g/mol. The predicted octanol–water partition coefficient (Wildman–Crippen LogP) is 1.76. The summed E-state index contributed by atoms with van der Waals surface area (Å²) >= 11 is 0. The molecule has 5 heteroatoms. The zero-order valence-corrected chi connectivity index (χ0v) is 10.1. The van der Waals surface area contributed by atoms with Gasteiger partial charge < -0.3 is 14.9 Å². The van der Waals surface area contributed by atoms with E-state index in [1.165, 1.54) is 7.11 Å². The van der Waals surface area contributed by atoms with Crippen molar-refractivity contribution in [2.45, 2.75) is 38.5 Å². The van der Waals surface area contributed by atoms with Gasteiger partial charge in [0.05, 0.1) is 11.3 Å². The van der Waals surface area contributed by atoms with Crippen LogP contribution < -0.4 is 0 Å². The molecule has 1 aliphatic carbocycles. The first-order chi connectivity index (χ1) is 8.02. The van der Waals surface area contributed by atoms with Gasteiger partial charge in [-0.3, -0.25) is 9.59 Å². The summed E-state index contributed by atoms with van der Waals surface area (Å²) in [7, 11) is 1.52. The zero-order valence-electron chi connectivity index (χ0n) is 10.1. The second-order valence-corrected chi connectivity index (χ2v) is 4.81. The summed E-state index contributed by atoms with van der Waals surface area (Å²) in [5, 5.41) is 18.4. The second kappa shape index (κ2) is 6.00. The maximum Gasteiger partial charge on any atom is 0.309 e. The summed E-state index contributed by atoms with van der Waals surface area (Å²) < 4.78 is 4.87. The van der Waals surface area contributed by atoms with Gasteiger partial charge in [0, 0.05) is 13.7 Å². The fraction of sp³-hybridized carbons (Fsp3) is 0.833. The van der Waals surface area contributed by atoms with Crippen molar-refractivity contribution in [1.82, 2.24) is 0 Å². The summed E-state index contributed by atoms with van der Waals surface area (Å²) in [5.41, 5.74) is -0.823. The average molecular weight is 244 g/mol. The van der Waals surface area contributed by atoms with Gasteiger partial charge in [0.25, 0.3) is 0 Å². The number of aliphatic carboxylic acids is 2. The van der Waals surface area contributed by atoms with E-state index in [-0.39, 0.29) is 6.42 Å². The molecule has 1 aliphatic rings. The third kappa shape index (κ3) is 3.43. The third-order valence-corrected chi connectivity index (χ3v) is 3.67. The number of carboxylic acid groups (broad SMARTS) is 2. The van der Waals surface area contributed by atoms with Crippen LogP contribution in [0.15, 0.2) is 0 Å². The summed E-state index contributed by atoms with van der Waals surface area (Å²) in [5.74, 6) is -2.39. The Morgan fingerprint density at radius 3 is 2.29 bits per heavy atom.